The Morgan fingerprint density at radius 1 is 1.69 bits per heavy atom. The van der Waals surface area contributed by atoms with E-state index in [0.29, 0.717) is 6.54 Å². The van der Waals surface area contributed by atoms with Gasteiger partial charge in [-0.1, -0.05) is 0 Å². The fraction of sp³-hybridized carbons (Fsp3) is 0.875. The minimum absolute atomic E-state index is 0.166. The molecule has 13 heavy (non-hydrogen) atoms. The molecule has 0 aromatic heterocycles. The van der Waals surface area contributed by atoms with Crippen LogP contribution < -0.4 is 0 Å². The zero-order chi connectivity index (χ0) is 10.1. The van der Waals surface area contributed by atoms with E-state index in [1.807, 2.05) is 0 Å². The predicted octanol–water partition coefficient (Wildman–Crippen LogP) is 1.05. The van der Waals surface area contributed by atoms with E-state index in [4.69, 9.17) is 5.11 Å². The van der Waals surface area contributed by atoms with E-state index < -0.39 is 24.2 Å². The van der Waals surface area contributed by atoms with Gasteiger partial charge in [-0.25, -0.2) is 8.78 Å². The summed E-state index contributed by atoms with van der Waals surface area (Å²) in [4.78, 5) is 12.1. The molecule has 0 spiro atoms. The first-order valence-electron chi connectivity index (χ1n) is 4.20. The van der Waals surface area contributed by atoms with Crippen molar-refractivity contribution < 1.29 is 18.7 Å². The Morgan fingerprint density at radius 2 is 2.31 bits per heavy atom. The van der Waals surface area contributed by atoms with Crippen LogP contribution in [0.25, 0.3) is 0 Å². The summed E-state index contributed by atoms with van der Waals surface area (Å²) in [5.41, 5.74) is 0. The lowest BCUT2D eigenvalue weighted by Gasteiger charge is -2.35. The van der Waals surface area contributed by atoms with Crippen LogP contribution in [0.3, 0.4) is 0 Å². The number of aliphatic carboxylic acids is 1. The number of carboxylic acid groups (broad SMARTS) is 1. The van der Waals surface area contributed by atoms with Crippen LogP contribution >= 0.6 is 0 Å². The number of hydrogen-bond acceptors (Lipinski definition) is 2. The van der Waals surface area contributed by atoms with Crippen LogP contribution in [0, 0.1) is 5.92 Å². The summed E-state index contributed by atoms with van der Waals surface area (Å²) in [6, 6.07) is 0. The van der Waals surface area contributed by atoms with Gasteiger partial charge in [0, 0.05) is 25.4 Å². The second kappa shape index (κ2) is 3.57. The maximum atomic E-state index is 13.1. The number of rotatable bonds is 2. The number of piperidine rings is 1. The highest BCUT2D eigenvalue weighted by molar-refractivity contribution is 5.67. The van der Waals surface area contributed by atoms with Gasteiger partial charge >= 0.3 is 5.97 Å². The Labute approximate surface area is 75.3 Å². The van der Waals surface area contributed by atoms with E-state index >= 15 is 0 Å². The molecule has 0 saturated carbocycles. The highest BCUT2D eigenvalue weighted by Gasteiger charge is 2.43. The third-order valence-corrected chi connectivity index (χ3v) is 2.38. The van der Waals surface area contributed by atoms with Crippen LogP contribution in [0.15, 0.2) is 0 Å². The number of carbonyl (C=O) groups is 1. The van der Waals surface area contributed by atoms with Gasteiger partial charge in [0.25, 0.3) is 5.92 Å². The standard InChI is InChI=1S/C8H13F2NO2/c1-11-3-2-8(9,10)6(5-11)4-7(12)13/h6H,2-5H2,1H3,(H,12,13). The normalized spacial score (nSPS) is 28.7. The van der Waals surface area contributed by atoms with Crippen molar-refractivity contribution in [1.82, 2.24) is 4.90 Å². The van der Waals surface area contributed by atoms with Crippen molar-refractivity contribution in [1.29, 1.82) is 0 Å². The molecule has 1 aliphatic heterocycles. The lowest BCUT2D eigenvalue weighted by atomic mass is 9.91. The van der Waals surface area contributed by atoms with Gasteiger partial charge in [0.15, 0.2) is 0 Å². The number of nitrogens with zero attached hydrogens (tertiary/aromatic N) is 1. The molecule has 0 aliphatic carbocycles. The first kappa shape index (κ1) is 10.4. The molecule has 1 fully saturated rings. The van der Waals surface area contributed by atoms with Crippen molar-refractivity contribution in [3.8, 4) is 0 Å². The molecule has 76 valence electrons. The fourth-order valence-corrected chi connectivity index (χ4v) is 1.57. The molecule has 1 saturated heterocycles. The zero-order valence-corrected chi connectivity index (χ0v) is 7.46. The van der Waals surface area contributed by atoms with Gasteiger partial charge in [0.05, 0.1) is 6.42 Å². The number of alkyl halides is 2. The van der Waals surface area contributed by atoms with Gasteiger partial charge in [0.1, 0.15) is 0 Å². The molecule has 0 amide bonds. The van der Waals surface area contributed by atoms with E-state index in [-0.39, 0.29) is 13.0 Å². The van der Waals surface area contributed by atoms with Gasteiger partial charge in [0.2, 0.25) is 0 Å². The number of carboxylic acids is 1. The van der Waals surface area contributed by atoms with E-state index in [9.17, 15) is 13.6 Å². The highest BCUT2D eigenvalue weighted by Crippen LogP contribution is 2.34. The van der Waals surface area contributed by atoms with Gasteiger partial charge < -0.3 is 10.0 Å². The Hall–Kier alpha value is -0.710. The molecule has 1 aliphatic rings. The molecule has 3 nitrogen and oxygen atoms in total. The van der Waals surface area contributed by atoms with E-state index in [1.165, 1.54) is 0 Å². The topological polar surface area (TPSA) is 40.5 Å². The molecule has 5 heteroatoms. The Morgan fingerprint density at radius 3 is 2.85 bits per heavy atom. The molecular formula is C8H13F2NO2. The molecule has 1 atom stereocenters. The molecule has 1 rings (SSSR count). The summed E-state index contributed by atoms with van der Waals surface area (Å²) in [6.07, 6.45) is -0.682. The second-order valence-electron chi connectivity index (χ2n) is 3.57. The van der Waals surface area contributed by atoms with Gasteiger partial charge in [-0.3, -0.25) is 4.79 Å². The van der Waals surface area contributed by atoms with Crippen molar-refractivity contribution in [3.63, 3.8) is 0 Å². The quantitative estimate of drug-likeness (QED) is 0.712. The van der Waals surface area contributed by atoms with Crippen LogP contribution in [0.4, 0.5) is 8.78 Å². The average molecular weight is 193 g/mol. The maximum absolute atomic E-state index is 13.1. The highest BCUT2D eigenvalue weighted by atomic mass is 19.3. The van der Waals surface area contributed by atoms with Crippen molar-refractivity contribution in [2.24, 2.45) is 5.92 Å². The molecule has 0 aromatic carbocycles. The minimum atomic E-state index is -2.81. The molecular weight excluding hydrogens is 180 g/mol. The molecule has 0 aromatic rings. The summed E-state index contributed by atoms with van der Waals surface area (Å²) in [5.74, 6) is -5.01. The van der Waals surface area contributed by atoms with Crippen LogP contribution in [0.5, 0.6) is 0 Å². The van der Waals surface area contributed by atoms with Crippen LogP contribution in [-0.4, -0.2) is 42.0 Å². The lowest BCUT2D eigenvalue weighted by molar-refractivity contribution is -0.148. The zero-order valence-electron chi connectivity index (χ0n) is 7.46. The Kier molecular flexibility index (Phi) is 2.85. The van der Waals surface area contributed by atoms with Crippen LogP contribution in [0.2, 0.25) is 0 Å². The predicted molar refractivity (Wildman–Crippen MR) is 42.8 cm³/mol. The van der Waals surface area contributed by atoms with Crippen molar-refractivity contribution in [2.75, 3.05) is 20.1 Å². The van der Waals surface area contributed by atoms with E-state index in [2.05, 4.69) is 0 Å². The summed E-state index contributed by atoms with van der Waals surface area (Å²) >= 11 is 0. The molecule has 1 N–H and O–H groups in total. The first-order valence-corrected chi connectivity index (χ1v) is 4.20. The Bertz CT molecular complexity index is 208. The molecule has 1 heterocycles. The lowest BCUT2D eigenvalue weighted by Crippen LogP contribution is -2.46. The summed E-state index contributed by atoms with van der Waals surface area (Å²) in [7, 11) is 1.73. The van der Waals surface area contributed by atoms with E-state index in [0.717, 1.165) is 0 Å². The number of hydrogen-bond donors (Lipinski definition) is 1. The van der Waals surface area contributed by atoms with Crippen LogP contribution in [0.1, 0.15) is 12.8 Å². The van der Waals surface area contributed by atoms with Crippen molar-refractivity contribution >= 4 is 5.97 Å². The van der Waals surface area contributed by atoms with E-state index in [1.54, 1.807) is 11.9 Å². The largest absolute Gasteiger partial charge is 0.481 e. The number of halogens is 2. The third kappa shape index (κ3) is 2.62. The minimum Gasteiger partial charge on any atom is -0.481 e. The molecule has 1 unspecified atom stereocenters. The van der Waals surface area contributed by atoms with Gasteiger partial charge in [-0.05, 0) is 7.05 Å². The van der Waals surface area contributed by atoms with Crippen molar-refractivity contribution in [2.45, 2.75) is 18.8 Å². The number of likely N-dealkylation sites (tertiary alicyclic amines) is 1. The smallest absolute Gasteiger partial charge is 0.303 e. The van der Waals surface area contributed by atoms with Crippen LogP contribution in [-0.2, 0) is 4.79 Å². The van der Waals surface area contributed by atoms with Crippen molar-refractivity contribution in [3.05, 3.63) is 0 Å². The summed E-state index contributed by atoms with van der Waals surface area (Å²) in [5, 5.41) is 8.43. The van der Waals surface area contributed by atoms with Gasteiger partial charge in [-0.15, -0.1) is 0 Å². The third-order valence-electron chi connectivity index (χ3n) is 2.38. The molecule has 0 radical (unpaired) electrons. The average Bonchev–Trinajstić information content (AvgIpc) is 1.97. The van der Waals surface area contributed by atoms with Gasteiger partial charge in [-0.2, -0.15) is 0 Å². The fourth-order valence-electron chi connectivity index (χ4n) is 1.57. The summed E-state index contributed by atoms with van der Waals surface area (Å²) < 4.78 is 26.2. The molecule has 0 bridgehead atoms. The maximum Gasteiger partial charge on any atom is 0.303 e. The summed E-state index contributed by atoms with van der Waals surface area (Å²) in [6.45, 7) is 0.502. The monoisotopic (exact) mass is 193 g/mol. The first-order chi connectivity index (χ1) is 5.92. The second-order valence-corrected chi connectivity index (χ2v) is 3.57. The SMILES string of the molecule is CN1CCC(F)(F)C(CC(=O)O)C1. The Balaban J connectivity index is 2.61.